The third-order valence-corrected chi connectivity index (χ3v) is 7.52. The summed E-state index contributed by atoms with van der Waals surface area (Å²) < 4.78 is 1.74. The van der Waals surface area contributed by atoms with Crippen molar-refractivity contribution in [2.45, 2.75) is 39.2 Å². The highest BCUT2D eigenvalue weighted by atomic mass is 35.5. The molecule has 1 unspecified atom stereocenters. The standard InChI is InChI=1S/C22H23ClN6OS/c1-12(2)28(3)22(30)13-4-5-15-18(8-13)31-21-19(15)20(24-11-25-21)27-17-9-14-6-7-26-29(14)10-16(17)23/h6-7,9-13H,4-5,8H2,1-3H3,(H,24,25,27). The average molecular weight is 455 g/mol. The lowest BCUT2D eigenvalue weighted by Crippen LogP contribution is -2.39. The molecule has 1 N–H and O–H groups in total. The normalized spacial score (nSPS) is 16.1. The topological polar surface area (TPSA) is 75.4 Å². The molecule has 7 nitrogen and oxygen atoms in total. The van der Waals surface area contributed by atoms with Gasteiger partial charge in [-0.15, -0.1) is 11.3 Å². The number of halogens is 1. The molecule has 0 fully saturated rings. The van der Waals surface area contributed by atoms with Crippen molar-refractivity contribution in [3.63, 3.8) is 0 Å². The summed E-state index contributed by atoms with van der Waals surface area (Å²) in [6.45, 7) is 4.09. The quantitative estimate of drug-likeness (QED) is 0.483. The lowest BCUT2D eigenvalue weighted by Gasteiger charge is -2.29. The zero-order valence-electron chi connectivity index (χ0n) is 17.6. The number of rotatable bonds is 4. The van der Waals surface area contributed by atoms with Crippen LogP contribution in [0.4, 0.5) is 11.5 Å². The highest BCUT2D eigenvalue weighted by Gasteiger charge is 2.31. The van der Waals surface area contributed by atoms with Crippen LogP contribution < -0.4 is 5.32 Å². The molecule has 0 bridgehead atoms. The Morgan fingerprint density at radius 3 is 3.03 bits per heavy atom. The molecule has 9 heteroatoms. The minimum absolute atomic E-state index is 0.0241. The number of nitrogens with zero attached hydrogens (tertiary/aromatic N) is 5. The summed E-state index contributed by atoms with van der Waals surface area (Å²) in [5.74, 6) is 0.997. The molecule has 1 amide bonds. The third kappa shape index (κ3) is 3.53. The molecule has 0 aromatic carbocycles. The van der Waals surface area contributed by atoms with Crippen LogP contribution in [0, 0.1) is 5.92 Å². The van der Waals surface area contributed by atoms with Gasteiger partial charge in [0.25, 0.3) is 0 Å². The minimum atomic E-state index is 0.0241. The number of pyridine rings is 1. The van der Waals surface area contributed by atoms with E-state index in [0.717, 1.165) is 46.5 Å². The molecule has 0 radical (unpaired) electrons. The van der Waals surface area contributed by atoms with Gasteiger partial charge in [-0.3, -0.25) is 4.79 Å². The number of hydrogen-bond acceptors (Lipinski definition) is 6. The van der Waals surface area contributed by atoms with Crippen molar-refractivity contribution in [2.75, 3.05) is 12.4 Å². The number of carbonyl (C=O) groups is 1. The van der Waals surface area contributed by atoms with E-state index in [-0.39, 0.29) is 17.9 Å². The fourth-order valence-corrected chi connectivity index (χ4v) is 5.58. The molecule has 0 saturated heterocycles. The van der Waals surface area contributed by atoms with Gasteiger partial charge < -0.3 is 10.2 Å². The molecular weight excluding hydrogens is 432 g/mol. The first-order chi connectivity index (χ1) is 14.9. The predicted octanol–water partition coefficient (Wildman–Crippen LogP) is 4.71. The number of amides is 1. The Morgan fingerprint density at radius 2 is 2.23 bits per heavy atom. The van der Waals surface area contributed by atoms with Gasteiger partial charge in [-0.05, 0) is 50.8 Å². The van der Waals surface area contributed by atoms with Gasteiger partial charge in [-0.1, -0.05) is 11.6 Å². The van der Waals surface area contributed by atoms with Crippen molar-refractivity contribution in [1.82, 2.24) is 24.5 Å². The van der Waals surface area contributed by atoms with E-state index in [2.05, 4.69) is 20.4 Å². The van der Waals surface area contributed by atoms with E-state index in [1.54, 1.807) is 34.6 Å². The maximum Gasteiger partial charge on any atom is 0.226 e. The Kier molecular flexibility index (Phi) is 5.06. The number of aromatic nitrogens is 4. The first kappa shape index (κ1) is 20.2. The lowest BCUT2D eigenvalue weighted by atomic mass is 9.86. The van der Waals surface area contributed by atoms with E-state index in [1.807, 2.05) is 37.9 Å². The van der Waals surface area contributed by atoms with E-state index in [1.165, 1.54) is 10.4 Å². The number of carbonyl (C=O) groups excluding carboxylic acids is 1. The SMILES string of the molecule is CC(C)N(C)C(=O)C1CCc2c(sc3ncnc(Nc4cc5ccnn5cc4Cl)c23)C1. The van der Waals surface area contributed by atoms with Crippen LogP contribution in [0.3, 0.4) is 0 Å². The van der Waals surface area contributed by atoms with E-state index in [4.69, 9.17) is 11.6 Å². The summed E-state index contributed by atoms with van der Waals surface area (Å²) in [5, 5.41) is 9.23. The highest BCUT2D eigenvalue weighted by molar-refractivity contribution is 7.19. The molecule has 4 aromatic rings. The van der Waals surface area contributed by atoms with E-state index in [9.17, 15) is 4.79 Å². The summed E-state index contributed by atoms with van der Waals surface area (Å²) in [6.07, 6.45) is 7.53. The van der Waals surface area contributed by atoms with Gasteiger partial charge >= 0.3 is 0 Å². The number of hydrogen-bond donors (Lipinski definition) is 1. The number of fused-ring (bicyclic) bond motifs is 4. The molecule has 1 aliphatic carbocycles. The van der Waals surface area contributed by atoms with E-state index >= 15 is 0 Å². The lowest BCUT2D eigenvalue weighted by molar-refractivity contribution is -0.136. The summed E-state index contributed by atoms with van der Waals surface area (Å²) >= 11 is 8.15. The highest BCUT2D eigenvalue weighted by Crippen LogP contribution is 2.41. The predicted molar refractivity (Wildman–Crippen MR) is 124 cm³/mol. The molecule has 0 saturated carbocycles. The first-order valence-electron chi connectivity index (χ1n) is 10.3. The fraction of sp³-hybridized carbons (Fsp3) is 0.364. The van der Waals surface area contributed by atoms with Crippen LogP contribution in [-0.4, -0.2) is 43.5 Å². The number of aryl methyl sites for hydroxylation is 1. The van der Waals surface area contributed by atoms with E-state index < -0.39 is 0 Å². The Hall–Kier alpha value is -2.71. The average Bonchev–Trinajstić information content (AvgIpc) is 3.36. The first-order valence-corrected chi connectivity index (χ1v) is 11.5. The second-order valence-electron chi connectivity index (χ2n) is 8.25. The van der Waals surface area contributed by atoms with Crippen molar-refractivity contribution in [2.24, 2.45) is 5.92 Å². The van der Waals surface area contributed by atoms with Crippen LogP contribution in [-0.2, 0) is 17.6 Å². The molecule has 160 valence electrons. The van der Waals surface area contributed by atoms with Crippen LogP contribution in [0.25, 0.3) is 15.7 Å². The molecule has 0 spiro atoms. The van der Waals surface area contributed by atoms with Gasteiger partial charge in [0.1, 0.15) is 17.0 Å². The Balaban J connectivity index is 1.49. The monoisotopic (exact) mass is 454 g/mol. The van der Waals surface area contributed by atoms with Gasteiger partial charge in [-0.2, -0.15) is 5.10 Å². The maximum absolute atomic E-state index is 12.9. The van der Waals surface area contributed by atoms with Gasteiger partial charge in [0.05, 0.1) is 21.6 Å². The molecule has 4 aromatic heterocycles. The zero-order valence-corrected chi connectivity index (χ0v) is 19.2. The zero-order chi connectivity index (χ0) is 21.7. The molecule has 31 heavy (non-hydrogen) atoms. The summed E-state index contributed by atoms with van der Waals surface area (Å²) in [7, 11) is 1.89. The third-order valence-electron chi connectivity index (χ3n) is 6.06. The van der Waals surface area contributed by atoms with Crippen LogP contribution in [0.1, 0.15) is 30.7 Å². The second-order valence-corrected chi connectivity index (χ2v) is 9.74. The van der Waals surface area contributed by atoms with Crippen LogP contribution in [0.15, 0.2) is 30.9 Å². The van der Waals surface area contributed by atoms with Crippen molar-refractivity contribution >= 4 is 56.1 Å². The fourth-order valence-electron chi connectivity index (χ4n) is 4.12. The molecule has 5 rings (SSSR count). The molecule has 1 aliphatic rings. The van der Waals surface area contributed by atoms with Crippen LogP contribution in [0.5, 0.6) is 0 Å². The van der Waals surface area contributed by atoms with Crippen molar-refractivity contribution < 1.29 is 4.79 Å². The molecule has 0 aliphatic heterocycles. The van der Waals surface area contributed by atoms with Crippen LogP contribution >= 0.6 is 22.9 Å². The summed E-state index contributed by atoms with van der Waals surface area (Å²) in [5.41, 5.74) is 2.97. The Bertz CT molecular complexity index is 1300. The van der Waals surface area contributed by atoms with Gasteiger partial charge in [0.2, 0.25) is 5.91 Å². The van der Waals surface area contributed by atoms with Crippen molar-refractivity contribution in [3.05, 3.63) is 46.3 Å². The summed E-state index contributed by atoms with van der Waals surface area (Å²) in [4.78, 5) is 25.9. The second kappa shape index (κ2) is 7.76. The van der Waals surface area contributed by atoms with E-state index in [0.29, 0.717) is 5.02 Å². The van der Waals surface area contributed by atoms with Crippen molar-refractivity contribution in [3.8, 4) is 0 Å². The largest absolute Gasteiger partial charge is 0.343 e. The Labute approximate surface area is 189 Å². The smallest absolute Gasteiger partial charge is 0.226 e. The minimum Gasteiger partial charge on any atom is -0.343 e. The van der Waals surface area contributed by atoms with Crippen LogP contribution in [0.2, 0.25) is 5.02 Å². The molecular formula is C22H23ClN6OS. The number of thiophene rings is 1. The number of anilines is 2. The number of nitrogens with one attached hydrogen (secondary N) is 1. The summed E-state index contributed by atoms with van der Waals surface area (Å²) in [6, 6.07) is 4.09. The molecule has 1 atom stereocenters. The molecule has 4 heterocycles. The van der Waals surface area contributed by atoms with Gasteiger partial charge in [-0.25, -0.2) is 14.5 Å². The maximum atomic E-state index is 12.9. The van der Waals surface area contributed by atoms with Gasteiger partial charge in [0.15, 0.2) is 0 Å². The van der Waals surface area contributed by atoms with Gasteiger partial charge in [0, 0.05) is 36.3 Å². The Morgan fingerprint density at radius 1 is 1.39 bits per heavy atom. The van der Waals surface area contributed by atoms with Crippen molar-refractivity contribution in [1.29, 1.82) is 0 Å².